The fourth-order valence-corrected chi connectivity index (χ4v) is 10.3. The second-order valence-corrected chi connectivity index (χ2v) is 19.4. The summed E-state index contributed by atoms with van der Waals surface area (Å²) in [6.45, 7) is 11.0. The summed E-state index contributed by atoms with van der Waals surface area (Å²) in [5.41, 5.74) is 5.79. The van der Waals surface area contributed by atoms with Crippen LogP contribution in [0.3, 0.4) is 0 Å². The lowest BCUT2D eigenvalue weighted by molar-refractivity contribution is -0.120. The molecule has 3 heteroatoms. The Morgan fingerprint density at radius 1 is 0.829 bits per heavy atom. The van der Waals surface area contributed by atoms with Gasteiger partial charge in [0, 0.05) is 0 Å². The lowest BCUT2D eigenvalue weighted by Gasteiger charge is -2.46. The maximum atomic E-state index is 7.29. The summed E-state index contributed by atoms with van der Waals surface area (Å²) in [7, 11) is -1.17. The molecule has 0 aromatic heterocycles. The fourth-order valence-electron chi connectivity index (χ4n) is 8.63. The van der Waals surface area contributed by atoms with Gasteiger partial charge in [-0.3, -0.25) is 0 Å². The van der Waals surface area contributed by atoms with Crippen LogP contribution >= 0.6 is 0 Å². The molecule has 0 amide bonds. The van der Waals surface area contributed by atoms with Gasteiger partial charge in [-0.05, 0) is 126 Å². The molecule has 2 nitrogen and oxygen atoms in total. The largest absolute Gasteiger partial charge is 0.374 e. The third kappa shape index (κ3) is 7.47. The van der Waals surface area contributed by atoms with E-state index in [1.807, 2.05) is 5.20 Å². The highest BCUT2D eigenvalue weighted by atomic mass is 28.3. The first-order valence-corrected chi connectivity index (χ1v) is 19.4. The topological polar surface area (TPSA) is 35.2 Å². The van der Waals surface area contributed by atoms with E-state index in [9.17, 15) is 0 Å². The van der Waals surface area contributed by atoms with Gasteiger partial charge in [-0.2, -0.15) is 0 Å². The second-order valence-electron chi connectivity index (χ2n) is 14.2. The average Bonchev–Trinajstić information content (AvgIpc) is 2.87. The van der Waals surface area contributed by atoms with Crippen LogP contribution in [0.2, 0.25) is 19.6 Å². The first kappa shape index (κ1) is 27.9. The minimum Gasteiger partial charge on any atom is -0.374 e. The van der Waals surface area contributed by atoms with Gasteiger partial charge >= 0.3 is 0 Å². The van der Waals surface area contributed by atoms with Crippen molar-refractivity contribution in [3.05, 3.63) is 11.3 Å². The minimum atomic E-state index is -1.17. The number of rotatable bonds is 9. The number of ether oxygens (including phenoxy) is 1. The van der Waals surface area contributed by atoms with E-state index in [1.165, 1.54) is 109 Å². The van der Waals surface area contributed by atoms with Crippen LogP contribution in [0.5, 0.6) is 0 Å². The molecule has 35 heavy (non-hydrogen) atoms. The highest BCUT2D eigenvalue weighted by molar-refractivity contribution is 6.83. The molecule has 0 heterocycles. The van der Waals surface area contributed by atoms with Crippen LogP contribution in [0.15, 0.2) is 11.3 Å². The predicted octanol–water partition coefficient (Wildman–Crippen LogP) is 8.91. The molecule has 6 unspecified atom stereocenters. The van der Waals surface area contributed by atoms with Gasteiger partial charge in [0.1, 0.15) is 0 Å². The van der Waals surface area contributed by atoms with Gasteiger partial charge in [0.05, 0.1) is 20.3 Å². The van der Waals surface area contributed by atoms with Crippen molar-refractivity contribution in [3.8, 4) is 0 Å². The number of hydrogen-bond acceptors (Lipinski definition) is 2. The summed E-state index contributed by atoms with van der Waals surface area (Å²) in [5.74, 6) is 5.30. The Bertz CT molecular complexity index is 661. The van der Waals surface area contributed by atoms with Crippen molar-refractivity contribution in [3.63, 3.8) is 0 Å². The number of allylic oxidation sites excluding steroid dienone is 2. The molecular weight excluding hydrogens is 442 g/mol. The second kappa shape index (κ2) is 13.1. The summed E-state index contributed by atoms with van der Waals surface area (Å²) in [6, 6.07) is 0. The van der Waals surface area contributed by atoms with Crippen molar-refractivity contribution in [2.45, 2.75) is 148 Å². The zero-order valence-corrected chi connectivity index (χ0v) is 24.9. The van der Waals surface area contributed by atoms with E-state index in [0.717, 1.165) is 42.1 Å². The Labute approximate surface area is 219 Å². The predicted molar refractivity (Wildman–Crippen MR) is 154 cm³/mol. The SMILES string of the molecule is CC(CCCN)C1CCC(C2CCCCC2OC2CCCCC2C2CCC=C([Si](C)(C)C)C2)CC1. The Kier molecular flexibility index (Phi) is 10.4. The molecule has 3 fully saturated rings. The van der Waals surface area contributed by atoms with Crippen LogP contribution < -0.4 is 5.73 Å². The van der Waals surface area contributed by atoms with Gasteiger partial charge in [-0.15, -0.1) is 0 Å². The van der Waals surface area contributed by atoms with Gasteiger partial charge in [0.15, 0.2) is 0 Å². The molecule has 6 atom stereocenters. The van der Waals surface area contributed by atoms with E-state index in [1.54, 1.807) is 0 Å². The first-order valence-electron chi connectivity index (χ1n) is 15.9. The lowest BCUT2D eigenvalue weighted by atomic mass is 9.67. The number of nitrogens with two attached hydrogens (primary N) is 1. The summed E-state index contributed by atoms with van der Waals surface area (Å²) >= 11 is 0. The molecule has 0 spiro atoms. The first-order chi connectivity index (χ1) is 16.9. The molecule has 0 aromatic carbocycles. The molecule has 0 bridgehead atoms. The molecule has 4 rings (SSSR count). The molecule has 4 aliphatic carbocycles. The van der Waals surface area contributed by atoms with Crippen LogP contribution in [-0.2, 0) is 4.74 Å². The Morgan fingerprint density at radius 3 is 2.03 bits per heavy atom. The van der Waals surface area contributed by atoms with Crippen molar-refractivity contribution in [2.75, 3.05) is 6.54 Å². The van der Waals surface area contributed by atoms with E-state index in [-0.39, 0.29) is 0 Å². The van der Waals surface area contributed by atoms with E-state index in [2.05, 4.69) is 32.6 Å². The summed E-state index contributed by atoms with van der Waals surface area (Å²) in [5, 5.41) is 1.85. The van der Waals surface area contributed by atoms with E-state index in [4.69, 9.17) is 10.5 Å². The average molecular weight is 502 g/mol. The monoisotopic (exact) mass is 501 g/mol. The summed E-state index contributed by atoms with van der Waals surface area (Å²) in [4.78, 5) is 0. The molecular formula is C32H59NOSi. The van der Waals surface area contributed by atoms with Gasteiger partial charge in [0.2, 0.25) is 0 Å². The van der Waals surface area contributed by atoms with E-state index >= 15 is 0 Å². The van der Waals surface area contributed by atoms with Crippen LogP contribution in [-0.4, -0.2) is 26.8 Å². The quantitative estimate of drug-likeness (QED) is 0.320. The molecule has 202 valence electrons. The zero-order valence-electron chi connectivity index (χ0n) is 23.9. The molecule has 0 saturated heterocycles. The minimum absolute atomic E-state index is 0.549. The molecule has 0 radical (unpaired) electrons. The number of hydrogen-bond donors (Lipinski definition) is 1. The molecule has 0 aromatic rings. The van der Waals surface area contributed by atoms with Crippen molar-refractivity contribution < 1.29 is 4.74 Å². The molecule has 4 aliphatic rings. The van der Waals surface area contributed by atoms with Crippen LogP contribution in [0, 0.1) is 35.5 Å². The highest BCUT2D eigenvalue weighted by Crippen LogP contribution is 2.46. The van der Waals surface area contributed by atoms with Crippen molar-refractivity contribution in [1.29, 1.82) is 0 Å². The van der Waals surface area contributed by atoms with Gasteiger partial charge < -0.3 is 10.5 Å². The zero-order chi connectivity index (χ0) is 24.8. The highest BCUT2D eigenvalue weighted by Gasteiger charge is 2.40. The van der Waals surface area contributed by atoms with Crippen molar-refractivity contribution in [2.24, 2.45) is 41.2 Å². The molecule has 2 N–H and O–H groups in total. The third-order valence-corrected chi connectivity index (χ3v) is 13.3. The van der Waals surface area contributed by atoms with Crippen LogP contribution in [0.4, 0.5) is 0 Å². The van der Waals surface area contributed by atoms with Crippen LogP contribution in [0.1, 0.15) is 116 Å². The Morgan fingerprint density at radius 2 is 1.43 bits per heavy atom. The smallest absolute Gasteiger partial charge is 0.0720 e. The van der Waals surface area contributed by atoms with E-state index < -0.39 is 8.07 Å². The van der Waals surface area contributed by atoms with Gasteiger partial charge in [0.25, 0.3) is 0 Å². The summed E-state index contributed by atoms with van der Waals surface area (Å²) < 4.78 is 7.29. The van der Waals surface area contributed by atoms with Crippen molar-refractivity contribution >= 4 is 8.07 Å². The van der Waals surface area contributed by atoms with Crippen molar-refractivity contribution in [1.82, 2.24) is 0 Å². The van der Waals surface area contributed by atoms with E-state index in [0.29, 0.717) is 12.2 Å². The Hall–Kier alpha value is -0.123. The fraction of sp³-hybridized carbons (Fsp3) is 0.938. The normalized spacial score (nSPS) is 38.1. The maximum absolute atomic E-state index is 7.29. The lowest BCUT2D eigenvalue weighted by Crippen LogP contribution is -2.43. The molecule has 0 aliphatic heterocycles. The van der Waals surface area contributed by atoms with Gasteiger partial charge in [-0.1, -0.05) is 63.5 Å². The maximum Gasteiger partial charge on any atom is 0.0720 e. The summed E-state index contributed by atoms with van der Waals surface area (Å²) in [6.07, 6.45) is 27.5. The standard InChI is InChI=1S/C32H59NOSi/c1-24(11-10-22-33)25-18-20-26(21-19-25)29-14-5-7-16-31(29)34-32-17-8-6-15-30(32)27-12-9-13-28(23-27)35(2,3)4/h13,24-27,29-32H,5-12,14-23,33H2,1-4H3. The Balaban J connectivity index is 1.35. The van der Waals surface area contributed by atoms with Gasteiger partial charge in [-0.25, -0.2) is 0 Å². The van der Waals surface area contributed by atoms with Crippen LogP contribution in [0.25, 0.3) is 0 Å². The molecule has 3 saturated carbocycles. The third-order valence-electron chi connectivity index (χ3n) is 10.9.